The fourth-order valence-electron chi connectivity index (χ4n) is 4.12. The van der Waals surface area contributed by atoms with Gasteiger partial charge in [0.2, 0.25) is 0 Å². The van der Waals surface area contributed by atoms with Crippen LogP contribution < -0.4 is 10.6 Å². The van der Waals surface area contributed by atoms with Gasteiger partial charge in [-0.15, -0.1) is 11.3 Å². The Morgan fingerprint density at radius 1 is 0.974 bits per heavy atom. The third-order valence-electron chi connectivity index (χ3n) is 6.23. The number of hydrogen-bond acceptors (Lipinski definition) is 7. The number of halogens is 3. The molecule has 39 heavy (non-hydrogen) atoms. The maximum atomic E-state index is 13.2. The van der Waals surface area contributed by atoms with Gasteiger partial charge in [-0.25, -0.2) is 0 Å². The number of thiophene rings is 1. The predicted molar refractivity (Wildman–Crippen MR) is 158 cm³/mol. The van der Waals surface area contributed by atoms with Gasteiger partial charge in [0.1, 0.15) is 4.88 Å². The molecule has 0 spiro atoms. The van der Waals surface area contributed by atoms with Crippen molar-refractivity contribution in [2.24, 2.45) is 0 Å². The second-order valence-corrected chi connectivity index (χ2v) is 11.1. The Kier molecular flexibility index (Phi) is 11.0. The van der Waals surface area contributed by atoms with Crippen molar-refractivity contribution in [1.29, 1.82) is 0 Å². The summed E-state index contributed by atoms with van der Waals surface area (Å²) in [5, 5.41) is 18.3. The molecule has 1 saturated heterocycles. The molecule has 3 aromatic rings. The van der Waals surface area contributed by atoms with Gasteiger partial charge >= 0.3 is 0 Å². The van der Waals surface area contributed by atoms with Crippen LogP contribution in [-0.4, -0.2) is 79.3 Å². The number of amides is 2. The number of carbonyl (C=O) groups is 2. The number of aliphatic hydroxyl groups excluding tert-OH is 1. The minimum absolute atomic E-state index is 0.0235. The zero-order chi connectivity index (χ0) is 27.8. The van der Waals surface area contributed by atoms with E-state index >= 15 is 0 Å². The van der Waals surface area contributed by atoms with E-state index in [1.165, 1.54) is 17.4 Å². The molecular weight excluding hydrogens is 583 g/mol. The quantitative estimate of drug-likeness (QED) is 0.271. The summed E-state index contributed by atoms with van der Waals surface area (Å²) in [5.41, 5.74) is 1.86. The average Bonchev–Trinajstić information content (AvgIpc) is 3.30. The molecule has 0 unspecified atom stereocenters. The van der Waals surface area contributed by atoms with Crippen LogP contribution >= 0.6 is 46.1 Å². The van der Waals surface area contributed by atoms with E-state index in [4.69, 9.17) is 39.5 Å². The van der Waals surface area contributed by atoms with E-state index in [-0.39, 0.29) is 12.2 Å². The van der Waals surface area contributed by atoms with Gasteiger partial charge in [0, 0.05) is 55.0 Å². The molecular formula is C27H29Cl3N4O4S. The summed E-state index contributed by atoms with van der Waals surface area (Å²) >= 11 is 20.0. The number of nitrogens with zero attached hydrogens (tertiary/aromatic N) is 2. The Morgan fingerprint density at radius 2 is 1.69 bits per heavy atom. The number of hydrogen-bond donors (Lipinski definition) is 3. The summed E-state index contributed by atoms with van der Waals surface area (Å²) in [7, 11) is 0. The summed E-state index contributed by atoms with van der Waals surface area (Å²) in [5.74, 6) is -0.867. The number of aliphatic hydroxyl groups is 1. The Hall–Kier alpha value is -2.21. The van der Waals surface area contributed by atoms with Crippen LogP contribution in [0.25, 0.3) is 0 Å². The number of carbonyl (C=O) groups excluding carboxylic acids is 2. The molecule has 8 nitrogen and oxygen atoms in total. The van der Waals surface area contributed by atoms with Gasteiger partial charge in [0.25, 0.3) is 11.8 Å². The standard InChI is InChI=1S/C27H29Cl3N4O4S/c28-19-1-4-21(5-2-19)31-26(36)22-15-20(29)3-6-23(22)32-27(37)25-24(30)18(17-39-25)16-34(9-12-35)8-7-33-10-13-38-14-11-33/h1-6,15,17,35H,7-14,16H2,(H,31,36)(H,32,37). The van der Waals surface area contributed by atoms with Crippen molar-refractivity contribution >= 4 is 69.3 Å². The molecule has 1 aromatic heterocycles. The fraction of sp³-hybridized carbons (Fsp3) is 0.333. The van der Waals surface area contributed by atoms with Crippen molar-refractivity contribution in [3.63, 3.8) is 0 Å². The van der Waals surface area contributed by atoms with E-state index in [9.17, 15) is 14.7 Å². The lowest BCUT2D eigenvalue weighted by Gasteiger charge is -2.29. The molecule has 0 bridgehead atoms. The fourth-order valence-corrected chi connectivity index (χ4v) is 5.66. The summed E-state index contributed by atoms with van der Waals surface area (Å²) in [6, 6.07) is 11.4. The molecule has 0 saturated carbocycles. The van der Waals surface area contributed by atoms with Gasteiger partial charge in [-0.2, -0.15) is 0 Å². The normalized spacial score (nSPS) is 14.0. The molecule has 1 aliphatic heterocycles. The maximum Gasteiger partial charge on any atom is 0.267 e. The van der Waals surface area contributed by atoms with Gasteiger partial charge in [-0.3, -0.25) is 19.4 Å². The summed E-state index contributed by atoms with van der Waals surface area (Å²) < 4.78 is 5.41. The summed E-state index contributed by atoms with van der Waals surface area (Å²) in [4.78, 5) is 31.0. The molecule has 0 aliphatic carbocycles. The Bertz CT molecular complexity index is 1280. The number of morpholine rings is 1. The lowest BCUT2D eigenvalue weighted by atomic mass is 10.1. The van der Waals surface area contributed by atoms with Gasteiger partial charge in [0.05, 0.1) is 36.1 Å². The van der Waals surface area contributed by atoms with Crippen molar-refractivity contribution in [2.75, 3.05) is 63.2 Å². The zero-order valence-corrected chi connectivity index (χ0v) is 24.2. The van der Waals surface area contributed by atoms with Crippen LogP contribution in [0, 0.1) is 0 Å². The van der Waals surface area contributed by atoms with Crippen molar-refractivity contribution in [3.8, 4) is 0 Å². The Labute approximate surface area is 246 Å². The lowest BCUT2D eigenvalue weighted by Crippen LogP contribution is -2.41. The monoisotopic (exact) mass is 610 g/mol. The topological polar surface area (TPSA) is 94.1 Å². The number of ether oxygens (including phenoxy) is 1. The maximum absolute atomic E-state index is 13.2. The third kappa shape index (κ3) is 8.39. The first-order valence-corrected chi connectivity index (χ1v) is 14.4. The molecule has 4 rings (SSSR count). The zero-order valence-electron chi connectivity index (χ0n) is 21.1. The van der Waals surface area contributed by atoms with Crippen molar-refractivity contribution in [1.82, 2.24) is 9.80 Å². The molecule has 2 amide bonds. The van der Waals surface area contributed by atoms with E-state index in [2.05, 4.69) is 20.4 Å². The second-order valence-electron chi connectivity index (χ2n) is 8.96. The second kappa shape index (κ2) is 14.4. The van der Waals surface area contributed by atoms with Crippen LogP contribution in [0.5, 0.6) is 0 Å². The first-order chi connectivity index (χ1) is 18.8. The first-order valence-electron chi connectivity index (χ1n) is 12.4. The average molecular weight is 612 g/mol. The molecule has 0 radical (unpaired) electrons. The molecule has 12 heteroatoms. The van der Waals surface area contributed by atoms with Crippen LogP contribution in [0.4, 0.5) is 11.4 Å². The van der Waals surface area contributed by atoms with Crippen molar-refractivity contribution < 1.29 is 19.4 Å². The van der Waals surface area contributed by atoms with Gasteiger partial charge in [-0.05, 0) is 53.4 Å². The molecule has 2 aromatic carbocycles. The largest absolute Gasteiger partial charge is 0.395 e. The van der Waals surface area contributed by atoms with E-state index in [0.29, 0.717) is 44.4 Å². The smallest absolute Gasteiger partial charge is 0.267 e. The van der Waals surface area contributed by atoms with Gasteiger partial charge in [0.15, 0.2) is 0 Å². The van der Waals surface area contributed by atoms with Crippen LogP contribution in [0.15, 0.2) is 47.8 Å². The van der Waals surface area contributed by atoms with Gasteiger partial charge in [-0.1, -0.05) is 34.8 Å². The van der Waals surface area contributed by atoms with Gasteiger partial charge < -0.3 is 20.5 Å². The number of anilines is 2. The Balaban J connectivity index is 1.43. The minimum Gasteiger partial charge on any atom is -0.395 e. The molecule has 2 heterocycles. The molecule has 1 fully saturated rings. The molecule has 3 N–H and O–H groups in total. The van der Waals surface area contributed by atoms with Crippen LogP contribution in [0.2, 0.25) is 15.1 Å². The highest BCUT2D eigenvalue weighted by Crippen LogP contribution is 2.31. The van der Waals surface area contributed by atoms with E-state index < -0.39 is 11.8 Å². The lowest BCUT2D eigenvalue weighted by molar-refractivity contribution is 0.0320. The number of benzene rings is 2. The first kappa shape index (κ1) is 29.8. The third-order valence-corrected chi connectivity index (χ3v) is 8.29. The summed E-state index contributed by atoms with van der Waals surface area (Å²) in [6.45, 7) is 5.87. The minimum atomic E-state index is -0.437. The van der Waals surface area contributed by atoms with E-state index in [1.807, 2.05) is 5.38 Å². The van der Waals surface area contributed by atoms with Crippen LogP contribution in [0.1, 0.15) is 25.6 Å². The van der Waals surface area contributed by atoms with Crippen molar-refractivity contribution in [3.05, 3.63) is 78.9 Å². The van der Waals surface area contributed by atoms with E-state index in [1.54, 1.807) is 36.4 Å². The number of nitrogens with one attached hydrogen (secondary N) is 2. The summed E-state index contributed by atoms with van der Waals surface area (Å²) in [6.07, 6.45) is 0. The highest BCUT2D eigenvalue weighted by atomic mass is 35.5. The van der Waals surface area contributed by atoms with Crippen molar-refractivity contribution in [2.45, 2.75) is 6.54 Å². The van der Waals surface area contributed by atoms with Crippen LogP contribution in [-0.2, 0) is 11.3 Å². The molecule has 1 aliphatic rings. The predicted octanol–water partition coefficient (Wildman–Crippen LogP) is 5.34. The number of rotatable bonds is 11. The highest BCUT2D eigenvalue weighted by Gasteiger charge is 2.21. The van der Waals surface area contributed by atoms with Crippen LogP contribution in [0.3, 0.4) is 0 Å². The Morgan fingerprint density at radius 3 is 2.41 bits per heavy atom. The molecule has 208 valence electrons. The van der Waals surface area contributed by atoms with E-state index in [0.717, 1.165) is 45.0 Å². The highest BCUT2D eigenvalue weighted by molar-refractivity contribution is 7.13. The molecule has 0 atom stereocenters. The SMILES string of the molecule is O=C(Nc1ccc(Cl)cc1)c1cc(Cl)ccc1NC(=O)c1scc(CN(CCO)CCN2CCOCC2)c1Cl.